The molecule has 1 fully saturated rings. The van der Waals surface area contributed by atoms with E-state index in [0.29, 0.717) is 31.8 Å². The molecule has 0 radical (unpaired) electrons. The summed E-state index contributed by atoms with van der Waals surface area (Å²) in [5.41, 5.74) is 1.94. The van der Waals surface area contributed by atoms with E-state index in [-0.39, 0.29) is 16.7 Å². The Morgan fingerprint density at radius 1 is 1.15 bits per heavy atom. The molecule has 1 aliphatic heterocycles. The summed E-state index contributed by atoms with van der Waals surface area (Å²) in [6.45, 7) is 7.30. The van der Waals surface area contributed by atoms with Crippen LogP contribution >= 0.6 is 24.2 Å². The molecule has 7 nitrogen and oxygen atoms in total. The molecule has 1 unspecified atom stereocenters. The molecule has 2 aromatic carbocycles. The molecule has 0 bridgehead atoms. The third-order valence-corrected chi connectivity index (χ3v) is 8.30. The summed E-state index contributed by atoms with van der Waals surface area (Å²) >= 11 is 5.48. The van der Waals surface area contributed by atoms with Gasteiger partial charge in [-0.25, -0.2) is 13.4 Å². The smallest absolute Gasteiger partial charge is 0.243 e. The van der Waals surface area contributed by atoms with Gasteiger partial charge in [0.25, 0.3) is 0 Å². The number of hydrogen-bond donors (Lipinski definition) is 2. The summed E-state index contributed by atoms with van der Waals surface area (Å²) in [6, 6.07) is 13.3. The summed E-state index contributed by atoms with van der Waals surface area (Å²) in [5.74, 6) is 0.752. The Bertz CT molecular complexity index is 1150. The normalized spacial score (nSPS) is 16.7. The molecule has 0 aliphatic carbocycles. The second kappa shape index (κ2) is 11.2. The Hall–Kier alpha value is -2.27. The largest absolute Gasteiger partial charge is 0.508 e. The van der Waals surface area contributed by atoms with E-state index in [0.717, 1.165) is 16.4 Å². The molecular weight excluding hydrogens is 478 g/mol. The van der Waals surface area contributed by atoms with Crippen LogP contribution < -0.4 is 9.08 Å². The Morgan fingerprint density at radius 3 is 2.52 bits per heavy atom. The fourth-order valence-electron chi connectivity index (χ4n) is 3.64. The quantitative estimate of drug-likeness (QED) is 0.375. The van der Waals surface area contributed by atoms with Crippen molar-refractivity contribution in [1.29, 1.82) is 0 Å². The molecule has 1 aromatic heterocycles. The van der Waals surface area contributed by atoms with E-state index in [1.807, 2.05) is 50.4 Å². The molecule has 1 saturated heterocycles. The van der Waals surface area contributed by atoms with Crippen molar-refractivity contribution in [3.63, 3.8) is 0 Å². The Balaban J connectivity index is 0.00000149. The van der Waals surface area contributed by atoms with E-state index < -0.39 is 10.0 Å². The molecule has 10 heteroatoms. The SMILES string of the molecule is CC.CC1CN(S(=O)(=O)c2ccc(O)cc2)CCN1c1nc(Cc2ccccc2OS)cs1. The minimum atomic E-state index is -3.60. The fraction of sp³-hybridized carbons (Fsp3) is 0.348. The number of piperazine rings is 1. The summed E-state index contributed by atoms with van der Waals surface area (Å²) in [6.07, 6.45) is 0.636. The van der Waals surface area contributed by atoms with Gasteiger partial charge < -0.3 is 14.2 Å². The predicted molar refractivity (Wildman–Crippen MR) is 136 cm³/mol. The topological polar surface area (TPSA) is 83.0 Å². The molecule has 2 heterocycles. The molecular formula is C23H29N3O4S3. The zero-order valence-electron chi connectivity index (χ0n) is 18.9. The van der Waals surface area contributed by atoms with E-state index in [4.69, 9.17) is 9.17 Å². The second-order valence-electron chi connectivity index (χ2n) is 7.40. The highest BCUT2D eigenvalue weighted by Crippen LogP contribution is 2.29. The van der Waals surface area contributed by atoms with Gasteiger partial charge in [-0.3, -0.25) is 0 Å². The zero-order chi connectivity index (χ0) is 24.0. The second-order valence-corrected chi connectivity index (χ2v) is 10.4. The van der Waals surface area contributed by atoms with Crippen molar-refractivity contribution in [2.24, 2.45) is 0 Å². The van der Waals surface area contributed by atoms with Crippen molar-refractivity contribution >= 4 is 39.4 Å². The van der Waals surface area contributed by atoms with Crippen LogP contribution in [-0.4, -0.2) is 48.5 Å². The maximum Gasteiger partial charge on any atom is 0.243 e. The first-order chi connectivity index (χ1) is 15.9. The molecule has 3 aromatic rings. The predicted octanol–water partition coefficient (Wildman–Crippen LogP) is 4.59. The number of para-hydroxylation sites is 1. The molecule has 4 rings (SSSR count). The summed E-state index contributed by atoms with van der Waals surface area (Å²) in [7, 11) is -3.60. The minimum Gasteiger partial charge on any atom is -0.508 e. The van der Waals surface area contributed by atoms with Crippen LogP contribution in [-0.2, 0) is 16.4 Å². The van der Waals surface area contributed by atoms with Gasteiger partial charge in [0.2, 0.25) is 10.0 Å². The number of rotatable bonds is 6. The number of anilines is 1. The lowest BCUT2D eigenvalue weighted by atomic mass is 10.1. The van der Waals surface area contributed by atoms with Crippen molar-refractivity contribution < 1.29 is 17.7 Å². The number of benzene rings is 2. The van der Waals surface area contributed by atoms with Crippen LogP contribution in [0, 0.1) is 0 Å². The fourth-order valence-corrected chi connectivity index (χ4v) is 6.28. The van der Waals surface area contributed by atoms with Crippen LogP contribution in [0.1, 0.15) is 32.0 Å². The molecule has 0 saturated carbocycles. The van der Waals surface area contributed by atoms with E-state index in [1.54, 1.807) is 11.3 Å². The van der Waals surface area contributed by atoms with Crippen molar-refractivity contribution in [3.8, 4) is 11.5 Å². The summed E-state index contributed by atoms with van der Waals surface area (Å²) in [4.78, 5) is 7.12. The minimum absolute atomic E-state index is 0.0206. The molecule has 1 aliphatic rings. The summed E-state index contributed by atoms with van der Waals surface area (Å²) < 4.78 is 32.5. The lowest BCUT2D eigenvalue weighted by Crippen LogP contribution is -2.53. The van der Waals surface area contributed by atoms with E-state index in [1.165, 1.54) is 28.6 Å². The van der Waals surface area contributed by atoms with Gasteiger partial charge in [0.1, 0.15) is 11.5 Å². The first-order valence-corrected chi connectivity index (χ1v) is 13.5. The van der Waals surface area contributed by atoms with Crippen LogP contribution in [0.2, 0.25) is 0 Å². The van der Waals surface area contributed by atoms with E-state index in [2.05, 4.69) is 17.8 Å². The lowest BCUT2D eigenvalue weighted by Gasteiger charge is -2.39. The maximum atomic E-state index is 12.9. The van der Waals surface area contributed by atoms with Gasteiger partial charge in [-0.1, -0.05) is 32.0 Å². The van der Waals surface area contributed by atoms with Crippen LogP contribution in [0.15, 0.2) is 58.8 Å². The number of aromatic nitrogens is 1. The first kappa shape index (κ1) is 25.4. The van der Waals surface area contributed by atoms with Gasteiger partial charge in [-0.05, 0) is 37.3 Å². The molecule has 178 valence electrons. The highest BCUT2D eigenvalue weighted by Gasteiger charge is 2.33. The lowest BCUT2D eigenvalue weighted by molar-refractivity contribution is 0.342. The average molecular weight is 508 g/mol. The van der Waals surface area contributed by atoms with Gasteiger partial charge >= 0.3 is 0 Å². The summed E-state index contributed by atoms with van der Waals surface area (Å²) in [5, 5.41) is 12.3. The number of thiol groups is 1. The zero-order valence-corrected chi connectivity index (χ0v) is 21.4. The standard InChI is InChI=1S/C21H23N3O4S3.C2H6/c1-15-13-23(31(26,27)19-8-6-18(25)7-9-19)10-11-24(15)21-22-17(14-30-21)12-16-4-2-3-5-20(16)28-29;1-2/h2-9,14-15,25,29H,10-13H2,1H3;1-2H3. The van der Waals surface area contributed by atoms with Crippen molar-refractivity contribution in [2.75, 3.05) is 24.5 Å². The van der Waals surface area contributed by atoms with E-state index >= 15 is 0 Å². The Morgan fingerprint density at radius 2 is 1.85 bits per heavy atom. The number of hydrogen-bond acceptors (Lipinski definition) is 8. The van der Waals surface area contributed by atoms with Crippen molar-refractivity contribution in [1.82, 2.24) is 9.29 Å². The van der Waals surface area contributed by atoms with Gasteiger partial charge in [-0.15, -0.1) is 11.3 Å². The number of sulfonamides is 1. The molecule has 0 spiro atoms. The van der Waals surface area contributed by atoms with Gasteiger partial charge in [-0.2, -0.15) is 4.31 Å². The van der Waals surface area contributed by atoms with Crippen LogP contribution in [0.25, 0.3) is 0 Å². The van der Waals surface area contributed by atoms with Crippen molar-refractivity contribution in [2.45, 2.75) is 38.1 Å². The van der Waals surface area contributed by atoms with Crippen LogP contribution in [0.5, 0.6) is 11.5 Å². The van der Waals surface area contributed by atoms with Crippen molar-refractivity contribution in [3.05, 3.63) is 65.2 Å². The van der Waals surface area contributed by atoms with Gasteiger partial charge in [0.15, 0.2) is 5.13 Å². The number of thiazole rings is 1. The third kappa shape index (κ3) is 5.81. The van der Waals surface area contributed by atoms with Crippen LogP contribution in [0.4, 0.5) is 5.13 Å². The van der Waals surface area contributed by atoms with E-state index in [9.17, 15) is 13.5 Å². The highest BCUT2D eigenvalue weighted by atomic mass is 32.2. The molecule has 1 N–H and O–H groups in total. The number of aromatic hydroxyl groups is 1. The number of nitrogens with zero attached hydrogens (tertiary/aromatic N) is 3. The Labute approximate surface area is 205 Å². The number of phenols is 1. The molecule has 33 heavy (non-hydrogen) atoms. The van der Waals surface area contributed by atoms with Crippen LogP contribution in [0.3, 0.4) is 0 Å². The molecule has 1 atom stereocenters. The average Bonchev–Trinajstić information content (AvgIpc) is 3.29. The first-order valence-electron chi connectivity index (χ1n) is 10.8. The monoisotopic (exact) mass is 507 g/mol. The van der Waals surface area contributed by atoms with Gasteiger partial charge in [0.05, 0.1) is 10.6 Å². The highest BCUT2D eigenvalue weighted by molar-refractivity contribution is 7.89. The van der Waals surface area contributed by atoms with Gasteiger partial charge in [0, 0.05) is 56.0 Å². The number of phenolic OH excluding ortho intramolecular Hbond substituents is 1. The maximum absolute atomic E-state index is 12.9. The Kier molecular flexibility index (Phi) is 8.63. The molecule has 0 amide bonds. The third-order valence-electron chi connectivity index (χ3n) is 5.29.